The van der Waals surface area contributed by atoms with Crippen LogP contribution in [0.15, 0.2) is 42.7 Å². The predicted octanol–water partition coefficient (Wildman–Crippen LogP) is 3.30. The van der Waals surface area contributed by atoms with E-state index in [2.05, 4.69) is 32.5 Å². The summed E-state index contributed by atoms with van der Waals surface area (Å²) in [7, 11) is 0. The lowest BCUT2D eigenvalue weighted by Crippen LogP contribution is -2.48. The maximum Gasteiger partial charge on any atom is 0.254 e. The molecule has 2 heterocycles. The van der Waals surface area contributed by atoms with Crippen molar-refractivity contribution in [1.29, 1.82) is 0 Å². The summed E-state index contributed by atoms with van der Waals surface area (Å²) in [4.78, 5) is 20.8. The number of carbonyl (C=O) groups is 1. The molecule has 1 fully saturated rings. The SMILES string of the molecule is O=C(c1ccc(Cl)c(I)c1)N1CCN(c2ccncc2)CC1. The number of hydrogen-bond donors (Lipinski definition) is 0. The Balaban J connectivity index is 1.66. The van der Waals surface area contributed by atoms with Gasteiger partial charge in [-0.15, -0.1) is 0 Å². The van der Waals surface area contributed by atoms with Gasteiger partial charge in [0.25, 0.3) is 5.91 Å². The zero-order valence-electron chi connectivity index (χ0n) is 11.9. The fourth-order valence-electron chi connectivity index (χ4n) is 2.53. The van der Waals surface area contributed by atoms with Crippen LogP contribution >= 0.6 is 34.2 Å². The lowest BCUT2D eigenvalue weighted by atomic mass is 10.2. The lowest BCUT2D eigenvalue weighted by Gasteiger charge is -2.36. The molecule has 1 aliphatic heterocycles. The maximum absolute atomic E-state index is 12.6. The minimum absolute atomic E-state index is 0.0731. The molecular weight excluding hydrogens is 413 g/mol. The highest BCUT2D eigenvalue weighted by molar-refractivity contribution is 14.1. The second-order valence-electron chi connectivity index (χ2n) is 5.11. The van der Waals surface area contributed by atoms with Crippen molar-refractivity contribution < 1.29 is 4.79 Å². The van der Waals surface area contributed by atoms with Gasteiger partial charge in [0, 0.05) is 53.4 Å². The Labute approximate surface area is 148 Å². The minimum atomic E-state index is 0.0731. The van der Waals surface area contributed by atoms with Crippen LogP contribution in [0, 0.1) is 3.57 Å². The molecule has 0 atom stereocenters. The number of carbonyl (C=O) groups excluding carboxylic acids is 1. The molecule has 0 unspecified atom stereocenters. The van der Waals surface area contributed by atoms with E-state index in [-0.39, 0.29) is 5.91 Å². The molecule has 4 nitrogen and oxygen atoms in total. The molecule has 0 aliphatic carbocycles. The zero-order chi connectivity index (χ0) is 15.5. The fourth-order valence-corrected chi connectivity index (χ4v) is 3.17. The van der Waals surface area contributed by atoms with Crippen molar-refractivity contribution >= 4 is 45.8 Å². The van der Waals surface area contributed by atoms with Gasteiger partial charge in [-0.25, -0.2) is 0 Å². The molecule has 22 heavy (non-hydrogen) atoms. The van der Waals surface area contributed by atoms with E-state index in [0.717, 1.165) is 35.4 Å². The van der Waals surface area contributed by atoms with Crippen LogP contribution in [0.3, 0.4) is 0 Å². The monoisotopic (exact) mass is 427 g/mol. The zero-order valence-corrected chi connectivity index (χ0v) is 14.8. The van der Waals surface area contributed by atoms with Crippen LogP contribution in [0.1, 0.15) is 10.4 Å². The van der Waals surface area contributed by atoms with E-state index in [1.165, 1.54) is 0 Å². The molecule has 0 N–H and O–H groups in total. The van der Waals surface area contributed by atoms with Gasteiger partial charge < -0.3 is 9.80 Å². The molecule has 2 aromatic rings. The second-order valence-corrected chi connectivity index (χ2v) is 6.68. The fraction of sp³-hybridized carbons (Fsp3) is 0.250. The predicted molar refractivity (Wildman–Crippen MR) is 96.5 cm³/mol. The van der Waals surface area contributed by atoms with Gasteiger partial charge in [-0.05, 0) is 52.9 Å². The van der Waals surface area contributed by atoms with Crippen LogP contribution in [0.5, 0.6) is 0 Å². The third kappa shape index (κ3) is 3.35. The summed E-state index contributed by atoms with van der Waals surface area (Å²) in [5.41, 5.74) is 1.86. The number of amides is 1. The molecule has 0 bridgehead atoms. The number of halogens is 2. The highest BCUT2D eigenvalue weighted by Gasteiger charge is 2.22. The molecular formula is C16H15ClIN3O. The van der Waals surface area contributed by atoms with Gasteiger partial charge in [0.1, 0.15) is 0 Å². The second kappa shape index (κ2) is 6.83. The Bertz CT molecular complexity index is 672. The topological polar surface area (TPSA) is 36.4 Å². The Morgan fingerprint density at radius 3 is 2.41 bits per heavy atom. The first-order valence-electron chi connectivity index (χ1n) is 7.04. The largest absolute Gasteiger partial charge is 0.368 e. The number of nitrogens with zero attached hydrogens (tertiary/aromatic N) is 3. The summed E-state index contributed by atoms with van der Waals surface area (Å²) in [6.07, 6.45) is 3.59. The average Bonchev–Trinajstić information content (AvgIpc) is 2.58. The summed E-state index contributed by atoms with van der Waals surface area (Å²) < 4.78 is 0.903. The summed E-state index contributed by atoms with van der Waals surface area (Å²) in [6.45, 7) is 3.11. The van der Waals surface area contributed by atoms with Gasteiger partial charge in [-0.3, -0.25) is 9.78 Å². The number of anilines is 1. The van der Waals surface area contributed by atoms with Gasteiger partial charge >= 0.3 is 0 Å². The lowest BCUT2D eigenvalue weighted by molar-refractivity contribution is 0.0746. The first-order chi connectivity index (χ1) is 10.6. The molecule has 0 saturated carbocycles. The Hall–Kier alpha value is -1.34. The van der Waals surface area contributed by atoms with Gasteiger partial charge in [0.05, 0.1) is 5.02 Å². The number of rotatable bonds is 2. The number of piperazine rings is 1. The van der Waals surface area contributed by atoms with E-state index in [0.29, 0.717) is 10.6 Å². The normalized spacial score (nSPS) is 15.0. The standard InChI is InChI=1S/C16H15ClIN3O/c17-14-2-1-12(11-15(14)18)16(22)21-9-7-20(8-10-21)13-3-5-19-6-4-13/h1-6,11H,7-10H2. The number of benzene rings is 1. The summed E-state index contributed by atoms with van der Waals surface area (Å²) in [5.74, 6) is 0.0731. The van der Waals surface area contributed by atoms with E-state index in [4.69, 9.17) is 11.6 Å². The average molecular weight is 428 g/mol. The first-order valence-corrected chi connectivity index (χ1v) is 8.50. The van der Waals surface area contributed by atoms with Crippen LogP contribution in [0.25, 0.3) is 0 Å². The Morgan fingerprint density at radius 2 is 1.77 bits per heavy atom. The van der Waals surface area contributed by atoms with E-state index in [9.17, 15) is 4.79 Å². The molecule has 1 amide bonds. The Kier molecular flexibility index (Phi) is 4.83. The van der Waals surface area contributed by atoms with Crippen molar-refractivity contribution in [2.45, 2.75) is 0 Å². The Morgan fingerprint density at radius 1 is 1.09 bits per heavy atom. The molecule has 1 saturated heterocycles. The quantitative estimate of drug-likeness (QED) is 0.690. The van der Waals surface area contributed by atoms with E-state index < -0.39 is 0 Å². The molecule has 3 rings (SSSR count). The van der Waals surface area contributed by atoms with E-state index in [1.54, 1.807) is 24.5 Å². The highest BCUT2D eigenvalue weighted by atomic mass is 127. The van der Waals surface area contributed by atoms with Gasteiger partial charge in [-0.1, -0.05) is 11.6 Å². The molecule has 1 aliphatic rings. The van der Waals surface area contributed by atoms with Crippen LogP contribution in [0.2, 0.25) is 5.02 Å². The third-order valence-corrected chi connectivity index (χ3v) is 5.30. The number of aromatic nitrogens is 1. The summed E-state index contributed by atoms with van der Waals surface area (Å²) in [6, 6.07) is 9.42. The van der Waals surface area contributed by atoms with Crippen LogP contribution in [-0.4, -0.2) is 42.0 Å². The van der Waals surface area contributed by atoms with Crippen molar-refractivity contribution in [1.82, 2.24) is 9.88 Å². The van der Waals surface area contributed by atoms with Crippen LogP contribution in [-0.2, 0) is 0 Å². The maximum atomic E-state index is 12.6. The van der Waals surface area contributed by atoms with Crippen LogP contribution in [0.4, 0.5) is 5.69 Å². The van der Waals surface area contributed by atoms with E-state index in [1.807, 2.05) is 23.1 Å². The van der Waals surface area contributed by atoms with Crippen molar-refractivity contribution in [3.8, 4) is 0 Å². The van der Waals surface area contributed by atoms with Gasteiger partial charge in [0.2, 0.25) is 0 Å². The molecule has 114 valence electrons. The van der Waals surface area contributed by atoms with Gasteiger partial charge in [-0.2, -0.15) is 0 Å². The third-order valence-electron chi connectivity index (χ3n) is 3.76. The molecule has 0 spiro atoms. The van der Waals surface area contributed by atoms with Crippen molar-refractivity contribution in [3.05, 3.63) is 56.9 Å². The minimum Gasteiger partial charge on any atom is -0.368 e. The van der Waals surface area contributed by atoms with Crippen molar-refractivity contribution in [2.24, 2.45) is 0 Å². The number of pyridine rings is 1. The molecule has 1 aromatic carbocycles. The van der Waals surface area contributed by atoms with Crippen LogP contribution < -0.4 is 4.90 Å². The van der Waals surface area contributed by atoms with E-state index >= 15 is 0 Å². The van der Waals surface area contributed by atoms with Crippen molar-refractivity contribution in [2.75, 3.05) is 31.1 Å². The van der Waals surface area contributed by atoms with Crippen molar-refractivity contribution in [3.63, 3.8) is 0 Å². The van der Waals surface area contributed by atoms with Gasteiger partial charge in [0.15, 0.2) is 0 Å². The molecule has 0 radical (unpaired) electrons. The highest BCUT2D eigenvalue weighted by Crippen LogP contribution is 2.21. The summed E-state index contributed by atoms with van der Waals surface area (Å²) in [5, 5.41) is 0.680. The molecule has 1 aromatic heterocycles. The summed E-state index contributed by atoms with van der Waals surface area (Å²) >= 11 is 8.16. The first kappa shape index (κ1) is 15.6. The molecule has 6 heteroatoms. The number of hydrogen-bond acceptors (Lipinski definition) is 3. The smallest absolute Gasteiger partial charge is 0.254 e.